The number of hydrogen-bond acceptors (Lipinski definition) is 4. The lowest BCUT2D eigenvalue weighted by atomic mass is 9.94. The lowest BCUT2D eigenvalue weighted by Gasteiger charge is -2.31. The Morgan fingerprint density at radius 3 is 2.55 bits per heavy atom. The van der Waals surface area contributed by atoms with Crippen LogP contribution in [0.2, 0.25) is 0 Å². The van der Waals surface area contributed by atoms with Gasteiger partial charge in [0.05, 0.1) is 35.4 Å². The highest BCUT2D eigenvalue weighted by molar-refractivity contribution is 5.94. The van der Waals surface area contributed by atoms with Gasteiger partial charge in [-0.1, -0.05) is 43.7 Å². The fourth-order valence-corrected chi connectivity index (χ4v) is 4.55. The maximum absolute atomic E-state index is 12.9. The van der Waals surface area contributed by atoms with Crippen LogP contribution in [0.15, 0.2) is 67.1 Å². The van der Waals surface area contributed by atoms with Crippen LogP contribution in [0.1, 0.15) is 42.1 Å². The summed E-state index contributed by atoms with van der Waals surface area (Å²) in [5.74, 6) is 0.843. The zero-order chi connectivity index (χ0) is 22.8. The second-order valence-corrected chi connectivity index (χ2v) is 8.52. The SMILES string of the molecule is CCC1CCN(C(=O)c2ccc(-c3cn4c(-c5ccccc5C#N)cnc4cn3)cc2)CC1. The Labute approximate surface area is 193 Å². The number of amides is 1. The van der Waals surface area contributed by atoms with Crippen molar-refractivity contribution in [1.29, 1.82) is 5.26 Å². The molecule has 6 nitrogen and oxygen atoms in total. The standard InChI is InChI=1S/C27H25N5O/c1-2-19-11-13-31(14-12-19)27(33)21-9-7-20(8-10-21)24-18-32-25(16-30-26(32)17-29-24)23-6-4-3-5-22(23)15-28/h3-10,16-19H,2,11-14H2,1H3. The number of rotatable bonds is 4. The fraction of sp³-hybridized carbons (Fsp3) is 0.259. The molecule has 33 heavy (non-hydrogen) atoms. The molecule has 4 aromatic rings. The Hall–Kier alpha value is -3.98. The van der Waals surface area contributed by atoms with E-state index in [4.69, 9.17) is 0 Å². The van der Waals surface area contributed by atoms with Crippen LogP contribution in [0, 0.1) is 17.2 Å². The van der Waals surface area contributed by atoms with Crippen molar-refractivity contribution in [3.8, 4) is 28.6 Å². The highest BCUT2D eigenvalue weighted by Gasteiger charge is 2.22. The molecule has 0 unspecified atom stereocenters. The normalized spacial score (nSPS) is 14.4. The molecule has 1 aliphatic rings. The molecular weight excluding hydrogens is 410 g/mol. The van der Waals surface area contributed by atoms with Gasteiger partial charge in [0.2, 0.25) is 0 Å². The number of aromatic nitrogens is 3. The molecule has 3 heterocycles. The van der Waals surface area contributed by atoms with Crippen molar-refractivity contribution in [2.24, 2.45) is 5.92 Å². The van der Waals surface area contributed by atoms with Crippen molar-refractivity contribution in [2.45, 2.75) is 26.2 Å². The number of imidazole rings is 1. The van der Waals surface area contributed by atoms with Crippen LogP contribution in [-0.4, -0.2) is 38.3 Å². The summed E-state index contributed by atoms with van der Waals surface area (Å²) in [6.07, 6.45) is 8.79. The van der Waals surface area contributed by atoms with Gasteiger partial charge in [0.15, 0.2) is 5.65 Å². The van der Waals surface area contributed by atoms with Crippen molar-refractivity contribution in [3.05, 3.63) is 78.2 Å². The van der Waals surface area contributed by atoms with E-state index in [0.717, 1.165) is 54.4 Å². The van der Waals surface area contributed by atoms with Crippen molar-refractivity contribution >= 4 is 11.6 Å². The zero-order valence-corrected chi connectivity index (χ0v) is 18.6. The van der Waals surface area contributed by atoms with Gasteiger partial charge in [0, 0.05) is 36.0 Å². The predicted octanol–water partition coefficient (Wildman–Crippen LogP) is 5.20. The van der Waals surface area contributed by atoms with Crippen LogP contribution in [0.4, 0.5) is 0 Å². The summed E-state index contributed by atoms with van der Waals surface area (Å²) in [6.45, 7) is 3.90. The van der Waals surface area contributed by atoms with E-state index in [1.165, 1.54) is 6.42 Å². The average Bonchev–Trinajstić information content (AvgIpc) is 3.31. The Morgan fingerprint density at radius 2 is 1.82 bits per heavy atom. The Kier molecular flexibility index (Phi) is 5.62. The molecule has 2 aromatic heterocycles. The van der Waals surface area contributed by atoms with Crippen LogP contribution in [0.25, 0.3) is 28.2 Å². The molecule has 0 spiro atoms. The molecule has 0 radical (unpaired) electrons. The van der Waals surface area contributed by atoms with Crippen molar-refractivity contribution in [3.63, 3.8) is 0 Å². The highest BCUT2D eigenvalue weighted by Crippen LogP contribution is 2.27. The molecule has 0 aliphatic carbocycles. The van der Waals surface area contributed by atoms with Gasteiger partial charge in [0.25, 0.3) is 5.91 Å². The molecule has 0 atom stereocenters. The van der Waals surface area contributed by atoms with Crippen LogP contribution in [0.5, 0.6) is 0 Å². The molecule has 1 saturated heterocycles. The van der Waals surface area contributed by atoms with Gasteiger partial charge in [-0.15, -0.1) is 0 Å². The third kappa shape index (κ3) is 3.98. The van der Waals surface area contributed by atoms with Crippen LogP contribution in [-0.2, 0) is 0 Å². The summed E-state index contributed by atoms with van der Waals surface area (Å²) in [5.41, 5.74) is 5.39. The van der Waals surface area contributed by atoms with Gasteiger partial charge >= 0.3 is 0 Å². The van der Waals surface area contributed by atoms with Crippen molar-refractivity contribution in [2.75, 3.05) is 13.1 Å². The van der Waals surface area contributed by atoms with Crippen molar-refractivity contribution in [1.82, 2.24) is 19.3 Å². The summed E-state index contributed by atoms with van der Waals surface area (Å²) in [4.78, 5) is 23.9. The van der Waals surface area contributed by atoms with Gasteiger partial charge in [-0.05, 0) is 37.0 Å². The number of piperidine rings is 1. The first kappa shape index (κ1) is 20.9. The molecule has 1 aliphatic heterocycles. The van der Waals surface area contributed by atoms with Gasteiger partial charge in [-0.3, -0.25) is 14.2 Å². The minimum absolute atomic E-state index is 0.101. The molecule has 2 aromatic carbocycles. The molecule has 164 valence electrons. The van der Waals surface area contributed by atoms with E-state index in [2.05, 4.69) is 23.0 Å². The second kappa shape index (κ2) is 8.87. The van der Waals surface area contributed by atoms with Crippen LogP contribution >= 0.6 is 0 Å². The number of carbonyl (C=O) groups is 1. The number of nitriles is 1. The van der Waals surface area contributed by atoms with E-state index in [9.17, 15) is 10.1 Å². The molecule has 1 amide bonds. The maximum atomic E-state index is 12.9. The summed E-state index contributed by atoms with van der Waals surface area (Å²) in [5, 5.41) is 9.49. The number of nitrogens with zero attached hydrogens (tertiary/aromatic N) is 5. The van der Waals surface area contributed by atoms with E-state index < -0.39 is 0 Å². The smallest absolute Gasteiger partial charge is 0.253 e. The van der Waals surface area contributed by atoms with Crippen LogP contribution < -0.4 is 0 Å². The Bertz CT molecular complexity index is 1340. The number of fused-ring (bicyclic) bond motifs is 1. The summed E-state index contributed by atoms with van der Waals surface area (Å²) >= 11 is 0. The van der Waals surface area contributed by atoms with Crippen molar-refractivity contribution < 1.29 is 4.79 Å². The molecule has 6 heteroatoms. The van der Waals surface area contributed by atoms with E-state index in [0.29, 0.717) is 16.8 Å². The Morgan fingerprint density at radius 1 is 1.06 bits per heavy atom. The number of likely N-dealkylation sites (tertiary alicyclic amines) is 1. The van der Waals surface area contributed by atoms with E-state index in [-0.39, 0.29) is 5.91 Å². The third-order valence-electron chi connectivity index (χ3n) is 6.63. The first-order valence-electron chi connectivity index (χ1n) is 11.4. The monoisotopic (exact) mass is 435 g/mol. The first-order valence-corrected chi connectivity index (χ1v) is 11.4. The fourth-order valence-electron chi connectivity index (χ4n) is 4.55. The number of hydrogen-bond donors (Lipinski definition) is 0. The summed E-state index contributed by atoms with van der Waals surface area (Å²) in [6, 6.07) is 17.4. The van der Waals surface area contributed by atoms with Gasteiger partial charge in [-0.25, -0.2) is 4.98 Å². The lowest BCUT2D eigenvalue weighted by molar-refractivity contribution is 0.0689. The van der Waals surface area contributed by atoms with Crippen LogP contribution in [0.3, 0.4) is 0 Å². The van der Waals surface area contributed by atoms with E-state index in [1.54, 1.807) is 18.5 Å². The zero-order valence-electron chi connectivity index (χ0n) is 18.6. The molecule has 0 saturated carbocycles. The minimum Gasteiger partial charge on any atom is -0.339 e. The molecule has 0 N–H and O–H groups in total. The maximum Gasteiger partial charge on any atom is 0.253 e. The Balaban J connectivity index is 1.42. The molecule has 0 bridgehead atoms. The molecular formula is C27H25N5O. The number of benzene rings is 2. The second-order valence-electron chi connectivity index (χ2n) is 8.52. The molecule has 5 rings (SSSR count). The lowest BCUT2D eigenvalue weighted by Crippen LogP contribution is -2.38. The van der Waals surface area contributed by atoms with Gasteiger partial charge < -0.3 is 4.90 Å². The van der Waals surface area contributed by atoms with Gasteiger partial charge in [0.1, 0.15) is 0 Å². The highest BCUT2D eigenvalue weighted by atomic mass is 16.2. The summed E-state index contributed by atoms with van der Waals surface area (Å²) < 4.78 is 1.95. The average molecular weight is 436 g/mol. The third-order valence-corrected chi connectivity index (χ3v) is 6.63. The topological polar surface area (TPSA) is 74.3 Å². The number of carbonyl (C=O) groups excluding carboxylic acids is 1. The largest absolute Gasteiger partial charge is 0.339 e. The summed E-state index contributed by atoms with van der Waals surface area (Å²) in [7, 11) is 0. The minimum atomic E-state index is 0.101. The predicted molar refractivity (Wildman–Crippen MR) is 127 cm³/mol. The van der Waals surface area contributed by atoms with E-state index >= 15 is 0 Å². The molecule has 1 fully saturated rings. The first-order chi connectivity index (χ1) is 16.2. The van der Waals surface area contributed by atoms with E-state index in [1.807, 2.05) is 58.0 Å². The quantitative estimate of drug-likeness (QED) is 0.442. The van der Waals surface area contributed by atoms with Gasteiger partial charge in [-0.2, -0.15) is 5.26 Å².